The van der Waals surface area contributed by atoms with Gasteiger partial charge in [0.05, 0.1) is 30.1 Å². The number of halogens is 3. The van der Waals surface area contributed by atoms with Crippen molar-refractivity contribution >= 4 is 287 Å². The van der Waals surface area contributed by atoms with E-state index in [-0.39, 0.29) is 60.8 Å². The van der Waals surface area contributed by atoms with Crippen molar-refractivity contribution in [1.82, 2.24) is 0 Å². The van der Waals surface area contributed by atoms with Crippen LogP contribution < -0.4 is 95.4 Å². The van der Waals surface area contributed by atoms with Gasteiger partial charge in [-0.3, -0.25) is 0 Å². The van der Waals surface area contributed by atoms with Gasteiger partial charge in [-0.25, -0.2) is 0 Å². The first-order valence-corrected chi connectivity index (χ1v) is 55.6. The van der Waals surface area contributed by atoms with E-state index >= 15 is 4.57 Å². The van der Waals surface area contributed by atoms with Crippen LogP contribution in [0.1, 0.15) is 13.0 Å². The van der Waals surface area contributed by atoms with Crippen LogP contribution in [0.15, 0.2) is 491 Å². The minimum atomic E-state index is -3.17. The summed E-state index contributed by atoms with van der Waals surface area (Å²) in [4.78, 5) is 0. The van der Waals surface area contributed by atoms with Crippen LogP contribution in [0.3, 0.4) is 0 Å². The van der Waals surface area contributed by atoms with Crippen LogP contribution >= 0.6 is 58.5 Å². The van der Waals surface area contributed by atoms with Gasteiger partial charge in [0, 0.05) is 47.9 Å². The van der Waals surface area contributed by atoms with Gasteiger partial charge in [0.15, 0.2) is 14.3 Å². The van der Waals surface area contributed by atoms with Crippen molar-refractivity contribution in [1.29, 1.82) is 0 Å². The molecular weight excluding hydrogens is 1970 g/mol. The summed E-state index contributed by atoms with van der Waals surface area (Å²) in [7, 11) is -5.40. The third kappa shape index (κ3) is 19.4. The third-order valence-corrected chi connectivity index (χ3v) is 39.5. The van der Waals surface area contributed by atoms with Crippen molar-refractivity contribution in [2.45, 2.75) is 14.4 Å². The summed E-state index contributed by atoms with van der Waals surface area (Å²) in [5.74, 6) is 2.14. The quantitative estimate of drug-likeness (QED) is 0.0460. The molecule has 698 valence electrons. The Hall–Kier alpha value is -13.3. The number of hydrogen-bond donors (Lipinski definition) is 2. The Labute approximate surface area is 879 Å². The van der Waals surface area contributed by atoms with Crippen molar-refractivity contribution < 1.29 is 45.8 Å². The van der Waals surface area contributed by atoms with Gasteiger partial charge in [-0.2, -0.15) is 35.9 Å². The molecule has 0 fully saturated rings. The molecule has 0 spiro atoms. The molecule has 0 bridgehead atoms. The normalized spacial score (nSPS) is 12.7. The number of benzene rings is 26. The van der Waals surface area contributed by atoms with Gasteiger partial charge in [0.1, 0.15) is 37.2 Å². The fourth-order valence-electron chi connectivity index (χ4n) is 19.8. The van der Waals surface area contributed by atoms with E-state index in [9.17, 15) is 14.8 Å². The Morgan fingerprint density at radius 2 is 0.576 bits per heavy atom. The molecule has 0 amide bonds. The van der Waals surface area contributed by atoms with Crippen molar-refractivity contribution in [2.75, 3.05) is 14.2 Å². The number of rotatable bonds is 15. The Morgan fingerprint density at radius 1 is 0.292 bits per heavy atom. The van der Waals surface area contributed by atoms with Gasteiger partial charge in [-0.05, 0) is 264 Å². The van der Waals surface area contributed by atoms with Gasteiger partial charge in [0.2, 0.25) is 0 Å². The van der Waals surface area contributed by atoms with E-state index in [1.165, 1.54) is 145 Å². The Morgan fingerprint density at radius 3 is 0.951 bits per heavy atom. The maximum atomic E-state index is 15.1. The molecule has 0 aliphatic carbocycles. The number of aromatic hydroxyl groups is 2. The second-order valence-electron chi connectivity index (χ2n) is 34.6. The first kappa shape index (κ1) is 101. The molecule has 26 rings (SSSR count). The minimum absolute atomic E-state index is 0. The zero-order valence-electron chi connectivity index (χ0n) is 77.9. The Bertz CT molecular complexity index is 8970. The van der Waals surface area contributed by atoms with E-state index < -0.39 is 36.0 Å². The van der Waals surface area contributed by atoms with Gasteiger partial charge in [-0.15, -0.1) is 0 Å². The van der Waals surface area contributed by atoms with E-state index in [4.69, 9.17) is 32.0 Å². The first-order chi connectivity index (χ1) is 69.0. The monoisotopic (exact) mass is 2070 g/mol. The summed E-state index contributed by atoms with van der Waals surface area (Å²) in [5, 5.41) is 64.1. The molecule has 26 aromatic rings. The van der Waals surface area contributed by atoms with Crippen molar-refractivity contribution in [3.8, 4) is 23.0 Å². The predicted molar refractivity (Wildman–Crippen MR) is 630 cm³/mol. The van der Waals surface area contributed by atoms with Crippen molar-refractivity contribution in [3.05, 3.63) is 503 Å². The maximum absolute atomic E-state index is 15.1. The molecule has 4 unspecified atom stereocenters. The van der Waals surface area contributed by atoms with E-state index in [0.717, 1.165) is 64.9 Å². The largest absolute Gasteiger partial charge is 2.00 e. The van der Waals surface area contributed by atoms with Crippen LogP contribution in [-0.2, 0) is 9.13 Å². The number of methoxy groups -OCH3 is 2. The van der Waals surface area contributed by atoms with E-state index in [1.54, 1.807) is 38.5 Å². The van der Waals surface area contributed by atoms with Crippen LogP contribution in [0.25, 0.3) is 129 Å². The second-order valence-corrected chi connectivity index (χ2v) is 47.9. The molecule has 26 aromatic carbocycles. The standard InChI is InChI=1S/C29H21O2P.C29H21OP.C28H22BOP.C28H19O2P.C7H7.C6H5Cl2P.CH4.BrH.Mg/c1-31-23-14-16-25(17-15-23)32(30,24-8-3-2-4-9-24)27-19-13-22-11-10-20-6-5-7-21-12-18-26(27)29(22)28(20)21;1-30-23-14-16-25(17-15-23)31(24-8-3-2-4-9-24)27-19-13-22-11-10-20-6-5-7-21-12-18-26(27)29(22)28(20)21;29-31(23-7-2-1-3-8-23,24-15-13-22(30)14-16-24)26-18-12-21-10-9-19-5-4-6-20-11-17-25(26)28(21)27(19)20;29-22-13-15-24(16-14-22)31(30,23-7-2-1-3-8-23)26-18-12-21-10-9-19-5-4-6-20-11-17-25(26)28(21)27(19)20;1-7-5-3-2-4-6-7;7-9(8)6-4-2-1-3-5-6;;;/h2-19H,1H3;2-19H,1H3;1-18,30H,29H3;1-18,29H;3-6H,1H3;1-5H;1H4;1H;/q;;;;-1;;;;+2/p-1. The van der Waals surface area contributed by atoms with E-state index in [0.29, 0.717) is 11.1 Å². The third-order valence-electron chi connectivity index (χ3n) is 26.4. The van der Waals surface area contributed by atoms with Gasteiger partial charge in [0.25, 0.3) is 0 Å². The molecule has 6 nitrogen and oxygen atoms in total. The fraction of sp³-hybridized carbons (Fsp3) is 0.0312. The molecule has 0 aliphatic heterocycles. The number of phenols is 2. The summed E-state index contributed by atoms with van der Waals surface area (Å²) in [6, 6.07) is 172. The SMILES string of the molecule is C.COc1ccc(P(=O)(c2ccccc2)c2ccc3ccc4cccc5ccc2c3c45)cc1.COc1ccc(P(c2ccccc2)c2ccc3ccc4cccc5ccc2c3c45)cc1.Cc1cc[c-]cc1.ClP(Cl)c1ccccc1.O=P(c1ccccc1)(c1ccc(O)cc1)c1ccc2ccc3cccc4ccc1c2c34.[BH3-][P+](c1ccccc1)(c1ccc(O)cc1)c1ccc2ccc3cccc4ccc1c2c34.[Br-].[Mg+2]. The average Bonchev–Trinajstić information content (AvgIpc) is 0.726. The van der Waals surface area contributed by atoms with Crippen LogP contribution in [0, 0.1) is 13.0 Å². The fourth-order valence-corrected chi connectivity index (χ4v) is 31.3. The molecule has 4 atom stereocenters. The zero-order valence-corrected chi connectivity index (χ0v) is 86.9. The Balaban J connectivity index is 0.000000119. The summed E-state index contributed by atoms with van der Waals surface area (Å²) in [6.45, 7) is 1.11. The van der Waals surface area contributed by atoms with Gasteiger partial charge >= 0.3 is 23.1 Å². The number of phenolic OH excluding ortho intramolecular Hbond substituents is 2. The molecule has 144 heavy (non-hydrogen) atoms. The molecule has 0 saturated heterocycles. The molecule has 16 heteroatoms. The summed E-state index contributed by atoms with van der Waals surface area (Å²) >= 11 is 11.3. The molecule has 2 N–H and O–H groups in total. The minimum Gasteiger partial charge on any atom is -1.00 e. The average molecular weight is 2070 g/mol. The first-order valence-electron chi connectivity index (χ1n) is 46.3. The molecular formula is C128H99BBrCl2MgO6P5. The van der Waals surface area contributed by atoms with Gasteiger partial charge in [-0.1, -0.05) is 390 Å². The maximum Gasteiger partial charge on any atom is 2.00 e. The number of aryl methyl sites for hydroxylation is 1. The topological polar surface area (TPSA) is 93.1 Å². The summed E-state index contributed by atoms with van der Waals surface area (Å²) < 4.78 is 40.9. The van der Waals surface area contributed by atoms with Crippen LogP contribution in [0.2, 0.25) is 0 Å². The second kappa shape index (κ2) is 44.1. The number of ether oxygens (including phenoxy) is 2. The molecule has 0 saturated carbocycles. The van der Waals surface area contributed by atoms with Crippen LogP contribution in [-0.4, -0.2) is 55.1 Å². The number of hydrogen-bond acceptors (Lipinski definition) is 6. The molecule has 0 aromatic heterocycles. The van der Waals surface area contributed by atoms with E-state index in [2.05, 4.69) is 322 Å². The molecule has 0 aliphatic rings. The smallest absolute Gasteiger partial charge is 1.00 e. The van der Waals surface area contributed by atoms with E-state index in [1.807, 2.05) is 158 Å². The predicted octanol–water partition coefficient (Wildman–Crippen LogP) is 25.5. The van der Waals surface area contributed by atoms with Crippen molar-refractivity contribution in [3.63, 3.8) is 0 Å². The van der Waals surface area contributed by atoms with Crippen LogP contribution in [0.5, 0.6) is 23.0 Å². The zero-order chi connectivity index (χ0) is 96.3. The van der Waals surface area contributed by atoms with Crippen LogP contribution in [0.4, 0.5) is 0 Å². The summed E-state index contributed by atoms with van der Waals surface area (Å²) in [5.41, 5.74) is 1.29. The Kier molecular flexibility index (Phi) is 30.9. The summed E-state index contributed by atoms with van der Waals surface area (Å²) in [6.07, 6.45) is 0. The molecule has 0 radical (unpaired) electrons. The van der Waals surface area contributed by atoms with Crippen molar-refractivity contribution in [2.24, 2.45) is 0 Å². The van der Waals surface area contributed by atoms with Gasteiger partial charge < -0.3 is 45.8 Å². The molecule has 0 heterocycles.